The lowest BCUT2D eigenvalue weighted by atomic mass is 9.82. The van der Waals surface area contributed by atoms with Gasteiger partial charge in [0, 0.05) is 70.2 Å². The lowest BCUT2D eigenvalue weighted by molar-refractivity contribution is -0.169. The molecule has 0 aliphatic carbocycles. The second kappa shape index (κ2) is 12.9. The third-order valence-electron chi connectivity index (χ3n) is 9.71. The van der Waals surface area contributed by atoms with E-state index in [9.17, 15) is 9.59 Å². The molecule has 0 spiro atoms. The van der Waals surface area contributed by atoms with Crippen LogP contribution in [-0.4, -0.2) is 84.3 Å². The smallest absolute Gasteiger partial charge is 0.351 e. The molecule has 0 amide bonds. The van der Waals surface area contributed by atoms with Crippen LogP contribution in [-0.2, 0) is 20.7 Å². The number of ether oxygens (including phenoxy) is 3. The second-order valence-electron chi connectivity index (χ2n) is 12.8. The van der Waals surface area contributed by atoms with E-state index < -0.39 is 5.60 Å². The summed E-state index contributed by atoms with van der Waals surface area (Å²) in [6, 6.07) is 1.81. The number of esters is 2. The van der Waals surface area contributed by atoms with Crippen molar-refractivity contribution in [3.8, 4) is 11.5 Å². The summed E-state index contributed by atoms with van der Waals surface area (Å²) >= 11 is 0. The highest BCUT2D eigenvalue weighted by molar-refractivity contribution is 5.82. The summed E-state index contributed by atoms with van der Waals surface area (Å²) in [5.41, 5.74) is 2.32. The van der Waals surface area contributed by atoms with Crippen molar-refractivity contribution in [1.82, 2.24) is 14.9 Å². The van der Waals surface area contributed by atoms with Gasteiger partial charge in [0.15, 0.2) is 0 Å². The van der Waals surface area contributed by atoms with E-state index in [1.54, 1.807) is 0 Å². The minimum Gasteiger partial charge on any atom is -0.474 e. The van der Waals surface area contributed by atoms with Crippen LogP contribution in [0.25, 0.3) is 0 Å². The fraction of sp³-hybridized carbons (Fsp3) is 0.543. The molecule has 0 saturated carbocycles. The molecule has 1 fully saturated rings. The molecule has 11 nitrogen and oxygen atoms in total. The molecular formula is C35H46N6O5. The van der Waals surface area contributed by atoms with Gasteiger partial charge in [-0.15, -0.1) is 0 Å². The van der Waals surface area contributed by atoms with Crippen LogP contribution in [0, 0.1) is 20.8 Å². The zero-order valence-corrected chi connectivity index (χ0v) is 28.0. The number of carbonyl (C=O) groups is 2. The van der Waals surface area contributed by atoms with Gasteiger partial charge in [0.25, 0.3) is 0 Å². The highest BCUT2D eigenvalue weighted by atomic mass is 16.6. The molecule has 4 aliphatic heterocycles. The van der Waals surface area contributed by atoms with E-state index in [2.05, 4.69) is 50.2 Å². The lowest BCUT2D eigenvalue weighted by Crippen LogP contribution is -2.65. The minimum absolute atomic E-state index is 0.279. The van der Waals surface area contributed by atoms with E-state index >= 15 is 0 Å². The summed E-state index contributed by atoms with van der Waals surface area (Å²) in [6.45, 7) is 16.1. The third-order valence-corrected chi connectivity index (χ3v) is 9.71. The number of benzene rings is 1. The fourth-order valence-corrected chi connectivity index (χ4v) is 6.95. The highest BCUT2D eigenvalue weighted by Gasteiger charge is 2.52. The molecule has 0 radical (unpaired) electrons. The van der Waals surface area contributed by atoms with Crippen molar-refractivity contribution >= 4 is 29.5 Å². The predicted molar refractivity (Wildman–Crippen MR) is 178 cm³/mol. The molecule has 2 unspecified atom stereocenters. The summed E-state index contributed by atoms with van der Waals surface area (Å²) in [5, 5.41) is 0. The van der Waals surface area contributed by atoms with Gasteiger partial charge in [0.05, 0.1) is 12.6 Å². The van der Waals surface area contributed by atoms with Gasteiger partial charge in [-0.25, -0.2) is 4.79 Å². The topological polar surface area (TPSA) is 101 Å². The standard InChI is InChI=1S/C35H46N6O5/c1-7-20-44-33(43)35(6)28(21-27-25(4)31(45-26(5)42)23(2)24(3)32(27)46-35)38-16-18-40(19-17-38)30-22-29(39-12-8-9-13-39)36-34(37-30)41-14-10-11-15-41/h8,10,12,14,22,28H,7,9,11,13,15-21H2,1-6H3. The van der Waals surface area contributed by atoms with Crippen LogP contribution in [0.15, 0.2) is 30.6 Å². The highest BCUT2D eigenvalue weighted by Crippen LogP contribution is 2.45. The van der Waals surface area contributed by atoms with Gasteiger partial charge in [-0.3, -0.25) is 9.69 Å². The molecule has 6 rings (SSSR count). The van der Waals surface area contributed by atoms with Crippen LogP contribution in [0.1, 0.15) is 62.3 Å². The summed E-state index contributed by atoms with van der Waals surface area (Å²) in [6.07, 6.45) is 11.8. The Morgan fingerprint density at radius 2 is 1.61 bits per heavy atom. The Balaban J connectivity index is 1.29. The number of carbonyl (C=O) groups excluding carboxylic acids is 2. The first-order valence-electron chi connectivity index (χ1n) is 16.5. The fourth-order valence-electron chi connectivity index (χ4n) is 6.95. The van der Waals surface area contributed by atoms with E-state index in [4.69, 9.17) is 24.2 Å². The van der Waals surface area contributed by atoms with Crippen molar-refractivity contribution in [3.05, 3.63) is 52.9 Å². The molecule has 1 aromatic heterocycles. The molecule has 0 N–H and O–H groups in total. The lowest BCUT2D eigenvalue weighted by Gasteiger charge is -2.49. The average molecular weight is 631 g/mol. The van der Waals surface area contributed by atoms with Gasteiger partial charge in [-0.05, 0) is 70.1 Å². The zero-order valence-electron chi connectivity index (χ0n) is 28.0. The average Bonchev–Trinajstić information content (AvgIpc) is 3.80. The Labute approximate surface area is 271 Å². The number of hydrogen-bond acceptors (Lipinski definition) is 11. The normalized spacial score (nSPS) is 22.7. The van der Waals surface area contributed by atoms with Gasteiger partial charge in [0.1, 0.15) is 23.1 Å². The Bertz CT molecular complexity index is 1520. The van der Waals surface area contributed by atoms with Crippen LogP contribution in [0.2, 0.25) is 0 Å². The molecule has 2 aromatic rings. The maximum atomic E-state index is 13.8. The predicted octanol–water partition coefficient (Wildman–Crippen LogP) is 4.61. The van der Waals surface area contributed by atoms with Crippen molar-refractivity contribution in [3.63, 3.8) is 0 Å². The van der Waals surface area contributed by atoms with Crippen LogP contribution >= 0.6 is 0 Å². The number of aromatic nitrogens is 2. The van der Waals surface area contributed by atoms with Gasteiger partial charge in [-0.2, -0.15) is 9.97 Å². The Hall–Kier alpha value is -4.12. The Morgan fingerprint density at radius 3 is 2.24 bits per heavy atom. The molecule has 4 aliphatic rings. The van der Waals surface area contributed by atoms with E-state index in [-0.39, 0.29) is 18.0 Å². The monoisotopic (exact) mass is 630 g/mol. The molecule has 2 atom stereocenters. The maximum Gasteiger partial charge on any atom is 0.351 e. The summed E-state index contributed by atoms with van der Waals surface area (Å²) in [5.74, 6) is 3.08. The number of rotatable bonds is 8. The maximum absolute atomic E-state index is 13.8. The summed E-state index contributed by atoms with van der Waals surface area (Å²) in [7, 11) is 0. The van der Waals surface area contributed by atoms with Gasteiger partial charge in [-0.1, -0.05) is 19.1 Å². The molecule has 46 heavy (non-hydrogen) atoms. The Kier molecular flexibility index (Phi) is 8.96. The number of piperazine rings is 1. The number of hydrogen-bond donors (Lipinski definition) is 0. The molecule has 5 heterocycles. The Morgan fingerprint density at radius 1 is 0.935 bits per heavy atom. The number of fused-ring (bicyclic) bond motifs is 1. The van der Waals surface area contributed by atoms with Crippen LogP contribution in [0.4, 0.5) is 17.6 Å². The van der Waals surface area contributed by atoms with Crippen LogP contribution < -0.4 is 24.2 Å². The summed E-state index contributed by atoms with van der Waals surface area (Å²) in [4.78, 5) is 44.6. The largest absolute Gasteiger partial charge is 0.474 e. The number of nitrogens with zero attached hydrogens (tertiary/aromatic N) is 6. The van der Waals surface area contributed by atoms with Crippen molar-refractivity contribution in [2.24, 2.45) is 0 Å². The van der Waals surface area contributed by atoms with E-state index in [1.165, 1.54) is 6.92 Å². The van der Waals surface area contributed by atoms with Crippen LogP contribution in [0.3, 0.4) is 0 Å². The quantitative estimate of drug-likeness (QED) is 0.302. The molecule has 0 bridgehead atoms. The van der Waals surface area contributed by atoms with Crippen molar-refractivity contribution in [1.29, 1.82) is 0 Å². The van der Waals surface area contributed by atoms with Crippen molar-refractivity contribution in [2.45, 2.75) is 78.9 Å². The first-order valence-corrected chi connectivity index (χ1v) is 16.5. The molecule has 246 valence electrons. The van der Waals surface area contributed by atoms with Crippen molar-refractivity contribution in [2.75, 3.05) is 60.6 Å². The summed E-state index contributed by atoms with van der Waals surface area (Å²) < 4.78 is 18.2. The molecule has 11 heteroatoms. The zero-order chi connectivity index (χ0) is 32.6. The minimum atomic E-state index is -1.21. The first-order chi connectivity index (χ1) is 22.1. The van der Waals surface area contributed by atoms with Gasteiger partial charge >= 0.3 is 11.9 Å². The number of anilines is 3. The van der Waals surface area contributed by atoms with Crippen LogP contribution in [0.5, 0.6) is 11.5 Å². The molecule has 1 aromatic carbocycles. The molecule has 1 saturated heterocycles. The van der Waals surface area contributed by atoms with E-state index in [0.29, 0.717) is 37.6 Å². The van der Waals surface area contributed by atoms with Gasteiger partial charge < -0.3 is 28.9 Å². The third kappa shape index (κ3) is 5.92. The van der Waals surface area contributed by atoms with Crippen molar-refractivity contribution < 1.29 is 23.8 Å². The van der Waals surface area contributed by atoms with E-state index in [1.807, 2.05) is 34.6 Å². The second-order valence-corrected chi connectivity index (χ2v) is 12.8. The molecular weight excluding hydrogens is 584 g/mol. The SMILES string of the molecule is CCCOC(=O)C1(C)Oc2c(C)c(C)c(OC(C)=O)c(C)c2CC1N1CCN(c2cc(N3C=CCC3)nc(N3C=CCC3)n2)CC1. The van der Waals surface area contributed by atoms with Gasteiger partial charge in [0.2, 0.25) is 11.5 Å². The first kappa shape index (κ1) is 31.8. The van der Waals surface area contributed by atoms with E-state index in [0.717, 1.165) is 85.3 Å².